The molecule has 0 atom stereocenters. The Morgan fingerprint density at radius 3 is 2.89 bits per heavy atom. The molecule has 5 heteroatoms. The highest BCUT2D eigenvalue weighted by Gasteiger charge is 2.11. The van der Waals surface area contributed by atoms with Crippen molar-refractivity contribution in [1.29, 1.82) is 0 Å². The van der Waals surface area contributed by atoms with Crippen LogP contribution in [0.15, 0.2) is 35.3 Å². The maximum Gasteiger partial charge on any atom is 0.256 e. The second-order valence-electron chi connectivity index (χ2n) is 3.91. The van der Waals surface area contributed by atoms with Crippen molar-refractivity contribution >= 4 is 16.8 Å². The maximum atomic E-state index is 12.1. The molecule has 0 fully saturated rings. The van der Waals surface area contributed by atoms with E-state index in [-0.39, 0.29) is 17.6 Å². The lowest BCUT2D eigenvalue weighted by molar-refractivity contribution is 0.0950. The molecule has 1 aromatic carbocycles. The summed E-state index contributed by atoms with van der Waals surface area (Å²) >= 11 is 0. The number of fused-ring (bicyclic) bond motifs is 1. The molecule has 0 saturated heterocycles. The zero-order chi connectivity index (χ0) is 13.0. The van der Waals surface area contributed by atoms with Gasteiger partial charge in [0.15, 0.2) is 0 Å². The molecule has 3 N–H and O–H groups in total. The van der Waals surface area contributed by atoms with Gasteiger partial charge in [-0.1, -0.05) is 12.1 Å². The van der Waals surface area contributed by atoms with Crippen LogP contribution in [0.3, 0.4) is 0 Å². The first-order chi connectivity index (χ1) is 8.74. The molecule has 1 amide bonds. The van der Waals surface area contributed by atoms with Crippen LogP contribution in [-0.4, -0.2) is 29.1 Å². The molecule has 0 radical (unpaired) electrons. The van der Waals surface area contributed by atoms with Crippen molar-refractivity contribution in [2.75, 3.05) is 13.2 Å². The zero-order valence-electron chi connectivity index (χ0n) is 9.77. The van der Waals surface area contributed by atoms with Crippen LogP contribution in [0, 0.1) is 0 Å². The van der Waals surface area contributed by atoms with Crippen molar-refractivity contribution in [1.82, 2.24) is 10.3 Å². The van der Waals surface area contributed by atoms with E-state index < -0.39 is 5.91 Å². The molecule has 0 spiro atoms. The Morgan fingerprint density at radius 1 is 1.33 bits per heavy atom. The molecule has 2 rings (SSSR count). The lowest BCUT2D eigenvalue weighted by Crippen LogP contribution is -2.30. The number of aromatic nitrogens is 1. The topological polar surface area (TPSA) is 82.2 Å². The van der Waals surface area contributed by atoms with Gasteiger partial charge in [-0.3, -0.25) is 9.59 Å². The van der Waals surface area contributed by atoms with Crippen LogP contribution in [0.25, 0.3) is 10.9 Å². The van der Waals surface area contributed by atoms with Gasteiger partial charge in [-0.05, 0) is 18.6 Å². The summed E-state index contributed by atoms with van der Waals surface area (Å²) < 4.78 is 0. The fourth-order valence-corrected chi connectivity index (χ4v) is 1.71. The molecule has 0 unspecified atom stereocenters. The molecular weight excluding hydrogens is 232 g/mol. The van der Waals surface area contributed by atoms with E-state index in [1.54, 1.807) is 18.2 Å². The average molecular weight is 246 g/mol. The van der Waals surface area contributed by atoms with E-state index in [0.29, 0.717) is 23.9 Å². The molecule has 2 aromatic rings. The highest BCUT2D eigenvalue weighted by molar-refractivity contribution is 5.97. The number of benzene rings is 1. The highest BCUT2D eigenvalue weighted by atomic mass is 16.3. The Hall–Kier alpha value is -2.14. The number of amides is 1. The van der Waals surface area contributed by atoms with Crippen LogP contribution in [-0.2, 0) is 0 Å². The average Bonchev–Trinajstić information content (AvgIpc) is 2.39. The highest BCUT2D eigenvalue weighted by Crippen LogP contribution is 2.06. The number of carbonyl (C=O) groups excluding carboxylic acids is 1. The third-order valence-corrected chi connectivity index (χ3v) is 2.65. The smallest absolute Gasteiger partial charge is 0.256 e. The molecule has 5 nitrogen and oxygen atoms in total. The third-order valence-electron chi connectivity index (χ3n) is 2.65. The van der Waals surface area contributed by atoms with Crippen molar-refractivity contribution in [2.45, 2.75) is 6.42 Å². The molecule has 94 valence electrons. The number of nitrogens with one attached hydrogen (secondary N) is 2. The largest absolute Gasteiger partial charge is 0.396 e. The minimum Gasteiger partial charge on any atom is -0.396 e. The van der Waals surface area contributed by atoms with E-state index in [1.807, 2.05) is 6.07 Å². The SMILES string of the molecule is O=C(NCCCO)c1c[nH]c2ccccc2c1=O. The van der Waals surface area contributed by atoms with Crippen LogP contribution < -0.4 is 10.7 Å². The number of aliphatic hydroxyl groups is 1. The van der Waals surface area contributed by atoms with Gasteiger partial charge in [-0.2, -0.15) is 0 Å². The summed E-state index contributed by atoms with van der Waals surface area (Å²) in [5.74, 6) is -0.421. The van der Waals surface area contributed by atoms with Crippen molar-refractivity contribution in [3.63, 3.8) is 0 Å². The Bertz CT molecular complexity index is 619. The van der Waals surface area contributed by atoms with Crippen LogP contribution in [0.2, 0.25) is 0 Å². The first-order valence-electron chi connectivity index (χ1n) is 5.73. The van der Waals surface area contributed by atoms with Gasteiger partial charge in [-0.25, -0.2) is 0 Å². The van der Waals surface area contributed by atoms with Gasteiger partial charge >= 0.3 is 0 Å². The van der Waals surface area contributed by atoms with Gasteiger partial charge in [0.2, 0.25) is 5.43 Å². The van der Waals surface area contributed by atoms with Crippen LogP contribution in [0.5, 0.6) is 0 Å². The van der Waals surface area contributed by atoms with Crippen LogP contribution in [0.4, 0.5) is 0 Å². The number of H-pyrrole nitrogens is 1. The van der Waals surface area contributed by atoms with Crippen molar-refractivity contribution in [2.24, 2.45) is 0 Å². The number of rotatable bonds is 4. The van der Waals surface area contributed by atoms with E-state index in [1.165, 1.54) is 6.20 Å². The molecule has 1 aromatic heterocycles. The van der Waals surface area contributed by atoms with Gasteiger partial charge in [0.05, 0.1) is 0 Å². The van der Waals surface area contributed by atoms with Crippen molar-refractivity contribution < 1.29 is 9.90 Å². The Kier molecular flexibility index (Phi) is 3.74. The minimum atomic E-state index is -0.421. The number of pyridine rings is 1. The molecular formula is C13H14N2O3. The quantitative estimate of drug-likeness (QED) is 0.692. The van der Waals surface area contributed by atoms with E-state index in [9.17, 15) is 9.59 Å². The molecule has 1 heterocycles. The molecule has 0 aliphatic carbocycles. The summed E-state index contributed by atoms with van der Waals surface area (Å²) in [7, 11) is 0. The number of para-hydroxylation sites is 1. The first-order valence-corrected chi connectivity index (χ1v) is 5.73. The molecule has 0 bridgehead atoms. The molecule has 18 heavy (non-hydrogen) atoms. The van der Waals surface area contributed by atoms with Crippen molar-refractivity contribution in [3.8, 4) is 0 Å². The monoisotopic (exact) mass is 246 g/mol. The first kappa shape index (κ1) is 12.3. The predicted octanol–water partition coefficient (Wildman–Crippen LogP) is 0.640. The third kappa shape index (κ3) is 2.41. The van der Waals surface area contributed by atoms with Crippen molar-refractivity contribution in [3.05, 3.63) is 46.2 Å². The molecule has 0 aliphatic rings. The number of hydrogen-bond donors (Lipinski definition) is 3. The summed E-state index contributed by atoms with van der Waals surface area (Å²) in [5, 5.41) is 11.7. The fraction of sp³-hybridized carbons (Fsp3) is 0.231. The van der Waals surface area contributed by atoms with Gasteiger partial charge < -0.3 is 15.4 Å². The lowest BCUT2D eigenvalue weighted by atomic mass is 10.1. The normalized spacial score (nSPS) is 10.5. The Balaban J connectivity index is 2.31. The fourth-order valence-electron chi connectivity index (χ4n) is 1.71. The molecule has 0 aliphatic heterocycles. The second kappa shape index (κ2) is 5.46. The molecule has 0 saturated carbocycles. The van der Waals surface area contributed by atoms with Gasteiger partial charge in [-0.15, -0.1) is 0 Å². The Labute approximate surface area is 103 Å². The van der Waals surface area contributed by atoms with Crippen LogP contribution in [0.1, 0.15) is 16.8 Å². The maximum absolute atomic E-state index is 12.1. The number of aromatic amines is 1. The number of aliphatic hydroxyl groups excluding tert-OH is 1. The number of hydrogen-bond acceptors (Lipinski definition) is 3. The van der Waals surface area contributed by atoms with Crippen LogP contribution >= 0.6 is 0 Å². The number of carbonyl (C=O) groups is 1. The van der Waals surface area contributed by atoms with E-state index in [2.05, 4.69) is 10.3 Å². The van der Waals surface area contributed by atoms with E-state index in [4.69, 9.17) is 5.11 Å². The summed E-state index contributed by atoms with van der Waals surface area (Å²) in [6.07, 6.45) is 1.89. The standard InChI is InChI=1S/C13H14N2O3/c16-7-3-6-14-13(18)10-8-15-11-5-2-1-4-9(11)12(10)17/h1-2,4-5,8,16H,3,6-7H2,(H,14,18)(H,15,17). The van der Waals surface area contributed by atoms with Gasteiger partial charge in [0, 0.05) is 30.3 Å². The second-order valence-corrected chi connectivity index (χ2v) is 3.91. The van der Waals surface area contributed by atoms with E-state index >= 15 is 0 Å². The summed E-state index contributed by atoms with van der Waals surface area (Å²) in [6.45, 7) is 0.357. The zero-order valence-corrected chi connectivity index (χ0v) is 9.77. The summed E-state index contributed by atoms with van der Waals surface area (Å²) in [4.78, 5) is 26.8. The summed E-state index contributed by atoms with van der Waals surface area (Å²) in [5.41, 5.74) is 0.506. The minimum absolute atomic E-state index is 0.00829. The van der Waals surface area contributed by atoms with Gasteiger partial charge in [0.25, 0.3) is 5.91 Å². The Morgan fingerprint density at radius 2 is 2.11 bits per heavy atom. The lowest BCUT2D eigenvalue weighted by Gasteiger charge is -2.04. The van der Waals surface area contributed by atoms with Gasteiger partial charge in [0.1, 0.15) is 5.56 Å². The van der Waals surface area contributed by atoms with E-state index in [0.717, 1.165) is 0 Å². The summed E-state index contributed by atoms with van der Waals surface area (Å²) in [6, 6.07) is 7.03. The predicted molar refractivity (Wildman–Crippen MR) is 68.6 cm³/mol.